The molecule has 78 valence electrons. The second-order valence-corrected chi connectivity index (χ2v) is 4.25. The number of aryl methyl sites for hydroxylation is 1. The fraction of sp³-hybridized carbons (Fsp3) is 0.500. The first-order chi connectivity index (χ1) is 6.57. The van der Waals surface area contributed by atoms with Gasteiger partial charge in [-0.05, 0) is 23.9 Å². The first kappa shape index (κ1) is 11.2. The lowest BCUT2D eigenvalue weighted by Gasteiger charge is -2.17. The van der Waals surface area contributed by atoms with Crippen molar-refractivity contribution in [3.63, 3.8) is 0 Å². The number of hydrogen-bond acceptors (Lipinski definition) is 4. The summed E-state index contributed by atoms with van der Waals surface area (Å²) in [6.45, 7) is 3.97. The van der Waals surface area contributed by atoms with E-state index in [1.807, 2.05) is 25.3 Å². The Balaban J connectivity index is 2.80. The van der Waals surface area contributed by atoms with Crippen LogP contribution in [-0.4, -0.2) is 19.1 Å². The highest BCUT2D eigenvalue weighted by molar-refractivity contribution is 7.10. The van der Waals surface area contributed by atoms with Gasteiger partial charge in [0.2, 0.25) is 0 Å². The van der Waals surface area contributed by atoms with Gasteiger partial charge in [-0.3, -0.25) is 4.79 Å². The van der Waals surface area contributed by atoms with Crippen LogP contribution in [0.2, 0.25) is 0 Å². The summed E-state index contributed by atoms with van der Waals surface area (Å²) in [5.41, 5.74) is 6.95. The van der Waals surface area contributed by atoms with E-state index in [9.17, 15) is 4.79 Å². The van der Waals surface area contributed by atoms with E-state index in [4.69, 9.17) is 5.73 Å². The van der Waals surface area contributed by atoms with E-state index in [1.54, 1.807) is 11.3 Å². The van der Waals surface area contributed by atoms with Crippen molar-refractivity contribution in [1.82, 2.24) is 0 Å². The van der Waals surface area contributed by atoms with Gasteiger partial charge in [-0.1, -0.05) is 6.92 Å². The fourth-order valence-electron chi connectivity index (χ4n) is 1.35. The molecule has 2 unspecified atom stereocenters. The van der Waals surface area contributed by atoms with Crippen LogP contribution >= 0.6 is 11.3 Å². The van der Waals surface area contributed by atoms with Crippen molar-refractivity contribution in [3.8, 4) is 0 Å². The van der Waals surface area contributed by atoms with Crippen molar-refractivity contribution in [2.45, 2.75) is 25.8 Å². The van der Waals surface area contributed by atoms with Crippen LogP contribution in [0.15, 0.2) is 11.4 Å². The number of rotatable bonds is 3. The Kier molecular flexibility index (Phi) is 3.66. The Hall–Kier alpha value is -0.870. The smallest absolute Gasteiger partial charge is 0.323 e. The van der Waals surface area contributed by atoms with Gasteiger partial charge in [-0.2, -0.15) is 0 Å². The zero-order valence-electron chi connectivity index (χ0n) is 8.61. The second-order valence-electron chi connectivity index (χ2n) is 3.31. The average molecular weight is 213 g/mol. The van der Waals surface area contributed by atoms with Crippen LogP contribution in [-0.2, 0) is 9.53 Å². The third-order valence-corrected chi connectivity index (χ3v) is 3.55. The molecule has 0 fully saturated rings. The molecule has 0 aliphatic heterocycles. The molecule has 2 N–H and O–H groups in total. The molecule has 0 saturated heterocycles. The lowest BCUT2D eigenvalue weighted by atomic mass is 9.99. The maximum absolute atomic E-state index is 11.2. The highest BCUT2D eigenvalue weighted by Crippen LogP contribution is 2.27. The molecule has 0 saturated carbocycles. The highest BCUT2D eigenvalue weighted by atomic mass is 32.1. The molecule has 0 aliphatic rings. The van der Waals surface area contributed by atoms with Gasteiger partial charge >= 0.3 is 5.97 Å². The molecule has 0 aliphatic carbocycles. The van der Waals surface area contributed by atoms with Gasteiger partial charge in [0.15, 0.2) is 0 Å². The summed E-state index contributed by atoms with van der Waals surface area (Å²) in [5.74, 6) is -0.340. The lowest BCUT2D eigenvalue weighted by molar-refractivity contribution is -0.142. The number of esters is 1. The maximum Gasteiger partial charge on any atom is 0.323 e. The molecule has 1 aromatic heterocycles. The number of carbonyl (C=O) groups excluding carboxylic acids is 1. The second kappa shape index (κ2) is 4.57. The maximum atomic E-state index is 11.2. The van der Waals surface area contributed by atoms with Crippen molar-refractivity contribution >= 4 is 17.3 Å². The van der Waals surface area contributed by atoms with E-state index >= 15 is 0 Å². The van der Waals surface area contributed by atoms with Crippen LogP contribution < -0.4 is 5.73 Å². The first-order valence-electron chi connectivity index (χ1n) is 4.45. The van der Waals surface area contributed by atoms with Crippen molar-refractivity contribution in [1.29, 1.82) is 0 Å². The lowest BCUT2D eigenvalue weighted by Crippen LogP contribution is -2.36. The Morgan fingerprint density at radius 2 is 2.29 bits per heavy atom. The number of carbonyl (C=O) groups is 1. The zero-order valence-corrected chi connectivity index (χ0v) is 9.43. The molecule has 3 nitrogen and oxygen atoms in total. The number of nitrogens with two attached hydrogens (primary N) is 1. The molecule has 4 heteroatoms. The predicted octanol–water partition coefficient (Wildman–Crippen LogP) is 1.66. The van der Waals surface area contributed by atoms with Gasteiger partial charge in [0.05, 0.1) is 7.11 Å². The number of ether oxygens (including phenoxy) is 1. The molecule has 1 aromatic rings. The largest absolute Gasteiger partial charge is 0.468 e. The van der Waals surface area contributed by atoms with Gasteiger partial charge in [-0.15, -0.1) is 11.3 Å². The van der Waals surface area contributed by atoms with Crippen molar-refractivity contribution in [3.05, 3.63) is 21.9 Å². The standard InChI is InChI=1S/C10H15NO2S/c1-6-4-5-14-9(6)7(2)8(11)10(12)13-3/h4-5,7-8H,11H2,1-3H3. The first-order valence-corrected chi connectivity index (χ1v) is 5.33. The SMILES string of the molecule is COC(=O)C(N)C(C)c1sccc1C. The topological polar surface area (TPSA) is 52.3 Å². The molecular weight excluding hydrogens is 198 g/mol. The van der Waals surface area contributed by atoms with Gasteiger partial charge in [0, 0.05) is 10.8 Å². The van der Waals surface area contributed by atoms with E-state index in [0.29, 0.717) is 0 Å². The number of thiophene rings is 1. The average Bonchev–Trinajstić information content (AvgIpc) is 2.61. The normalized spacial score (nSPS) is 14.9. The minimum Gasteiger partial charge on any atom is -0.468 e. The van der Waals surface area contributed by atoms with Crippen LogP contribution in [0.25, 0.3) is 0 Å². The van der Waals surface area contributed by atoms with Crippen molar-refractivity contribution < 1.29 is 9.53 Å². The summed E-state index contributed by atoms with van der Waals surface area (Å²) >= 11 is 1.63. The minimum absolute atomic E-state index is 0.0162. The van der Waals surface area contributed by atoms with E-state index in [-0.39, 0.29) is 11.9 Å². The highest BCUT2D eigenvalue weighted by Gasteiger charge is 2.24. The van der Waals surface area contributed by atoms with Crippen molar-refractivity contribution in [2.24, 2.45) is 5.73 Å². The third-order valence-electron chi connectivity index (χ3n) is 2.33. The molecule has 0 aromatic carbocycles. The summed E-state index contributed by atoms with van der Waals surface area (Å²) in [6.07, 6.45) is 0. The molecule has 2 atom stereocenters. The molecule has 1 rings (SSSR count). The van der Waals surface area contributed by atoms with Gasteiger partial charge in [-0.25, -0.2) is 0 Å². The Morgan fingerprint density at radius 3 is 2.71 bits per heavy atom. The number of hydrogen-bond donors (Lipinski definition) is 1. The van der Waals surface area contributed by atoms with Crippen LogP contribution in [0.5, 0.6) is 0 Å². The van der Waals surface area contributed by atoms with E-state index < -0.39 is 6.04 Å². The predicted molar refractivity (Wildman–Crippen MR) is 57.5 cm³/mol. The number of methoxy groups -OCH3 is 1. The van der Waals surface area contributed by atoms with Crippen molar-refractivity contribution in [2.75, 3.05) is 7.11 Å². The van der Waals surface area contributed by atoms with E-state index in [2.05, 4.69) is 4.74 Å². The van der Waals surface area contributed by atoms with E-state index in [0.717, 1.165) is 4.88 Å². The summed E-state index contributed by atoms with van der Waals surface area (Å²) in [6, 6.07) is 1.46. The van der Waals surface area contributed by atoms with Crippen LogP contribution in [0, 0.1) is 6.92 Å². The van der Waals surface area contributed by atoms with Gasteiger partial charge < -0.3 is 10.5 Å². The zero-order chi connectivity index (χ0) is 10.7. The van der Waals surface area contributed by atoms with Crippen LogP contribution in [0.1, 0.15) is 23.3 Å². The molecular formula is C10H15NO2S. The quantitative estimate of drug-likeness (QED) is 0.777. The Morgan fingerprint density at radius 1 is 1.64 bits per heavy atom. The fourth-order valence-corrected chi connectivity index (χ4v) is 2.39. The Labute approximate surface area is 87.9 Å². The van der Waals surface area contributed by atoms with Gasteiger partial charge in [0.25, 0.3) is 0 Å². The minimum atomic E-state index is -0.572. The summed E-state index contributed by atoms with van der Waals surface area (Å²) in [7, 11) is 1.36. The summed E-state index contributed by atoms with van der Waals surface area (Å²) in [4.78, 5) is 12.4. The van der Waals surface area contributed by atoms with Gasteiger partial charge in [0.1, 0.15) is 6.04 Å². The Bertz CT molecular complexity index is 322. The molecule has 0 spiro atoms. The van der Waals surface area contributed by atoms with Crippen LogP contribution in [0.3, 0.4) is 0 Å². The third kappa shape index (κ3) is 2.13. The monoisotopic (exact) mass is 213 g/mol. The van der Waals surface area contributed by atoms with E-state index in [1.165, 1.54) is 12.7 Å². The molecule has 1 heterocycles. The molecule has 0 amide bonds. The molecule has 0 radical (unpaired) electrons. The molecule has 14 heavy (non-hydrogen) atoms. The summed E-state index contributed by atoms with van der Waals surface area (Å²) in [5, 5.41) is 2.01. The summed E-state index contributed by atoms with van der Waals surface area (Å²) < 4.78 is 4.61. The molecule has 0 bridgehead atoms. The van der Waals surface area contributed by atoms with Crippen LogP contribution in [0.4, 0.5) is 0 Å².